The molecule has 0 aliphatic rings. The standard InChI is InChI=1S/C23H27FN2O6S/c1-15(33)26(13-20(32-29)18-12-17(24)10-11-19(18)30-4)22(28)25-23(2,3)21(27)31-14-16-8-6-5-7-9-16/h5-12,20,29,33H,1,13-14H2,2-4H3,(H,25,28)/t20-/m0/s1. The summed E-state index contributed by atoms with van der Waals surface area (Å²) in [6.07, 6.45) is -1.20. The average molecular weight is 479 g/mol. The summed E-state index contributed by atoms with van der Waals surface area (Å²) in [7, 11) is 1.37. The molecule has 2 amide bonds. The van der Waals surface area contributed by atoms with Gasteiger partial charge in [0.05, 0.1) is 18.7 Å². The van der Waals surface area contributed by atoms with E-state index in [-0.39, 0.29) is 29.5 Å². The summed E-state index contributed by atoms with van der Waals surface area (Å²) in [4.78, 5) is 31.0. The van der Waals surface area contributed by atoms with Gasteiger partial charge >= 0.3 is 12.0 Å². The molecule has 2 N–H and O–H groups in total. The van der Waals surface area contributed by atoms with Gasteiger partial charge in [-0.1, -0.05) is 36.9 Å². The summed E-state index contributed by atoms with van der Waals surface area (Å²) in [6.45, 7) is 6.34. The Kier molecular flexibility index (Phi) is 9.27. The number of ether oxygens (including phenoxy) is 2. The molecule has 33 heavy (non-hydrogen) atoms. The number of nitrogens with one attached hydrogen (secondary N) is 1. The molecule has 0 aliphatic carbocycles. The number of urea groups is 1. The topological polar surface area (TPSA) is 97.3 Å². The lowest BCUT2D eigenvalue weighted by atomic mass is 10.1. The van der Waals surface area contributed by atoms with Crippen LogP contribution in [0.5, 0.6) is 5.75 Å². The Morgan fingerprint density at radius 1 is 1.24 bits per heavy atom. The Balaban J connectivity index is 2.12. The number of nitrogens with zero attached hydrogens (tertiary/aromatic N) is 1. The summed E-state index contributed by atoms with van der Waals surface area (Å²) >= 11 is 4.13. The molecule has 178 valence electrons. The van der Waals surface area contributed by atoms with E-state index in [0.717, 1.165) is 16.5 Å². The van der Waals surface area contributed by atoms with Crippen LogP contribution < -0.4 is 10.1 Å². The number of thiol groups is 1. The van der Waals surface area contributed by atoms with Crippen molar-refractivity contribution in [2.24, 2.45) is 0 Å². The summed E-state index contributed by atoms with van der Waals surface area (Å²) in [5.74, 6) is -1.01. The number of carbonyl (C=O) groups is 2. The number of benzene rings is 2. The van der Waals surface area contributed by atoms with Gasteiger partial charge in [-0.15, -0.1) is 12.6 Å². The van der Waals surface area contributed by atoms with Crippen LogP contribution in [0.15, 0.2) is 60.1 Å². The van der Waals surface area contributed by atoms with Gasteiger partial charge in [-0.25, -0.2) is 18.9 Å². The summed E-state index contributed by atoms with van der Waals surface area (Å²) in [5.41, 5.74) is -0.446. The molecule has 0 heterocycles. The molecule has 1 atom stereocenters. The maximum atomic E-state index is 13.8. The Morgan fingerprint density at radius 2 is 1.91 bits per heavy atom. The van der Waals surface area contributed by atoms with E-state index < -0.39 is 29.5 Å². The van der Waals surface area contributed by atoms with E-state index in [4.69, 9.17) is 9.47 Å². The van der Waals surface area contributed by atoms with Crippen LogP contribution in [0.3, 0.4) is 0 Å². The molecule has 2 rings (SSSR count). The lowest BCUT2D eigenvalue weighted by Crippen LogP contribution is -2.54. The van der Waals surface area contributed by atoms with Gasteiger partial charge in [-0.05, 0) is 37.6 Å². The number of hydrogen-bond acceptors (Lipinski definition) is 7. The van der Waals surface area contributed by atoms with Crippen LogP contribution in [0.4, 0.5) is 9.18 Å². The van der Waals surface area contributed by atoms with Crippen molar-refractivity contribution in [3.63, 3.8) is 0 Å². The van der Waals surface area contributed by atoms with Crippen molar-refractivity contribution in [3.05, 3.63) is 77.1 Å². The molecule has 0 aromatic heterocycles. The second-order valence-corrected chi connectivity index (χ2v) is 8.14. The number of amides is 2. The number of esters is 1. The van der Waals surface area contributed by atoms with Gasteiger partial charge in [0.1, 0.15) is 29.8 Å². The minimum atomic E-state index is -1.40. The third kappa shape index (κ3) is 7.21. The molecular weight excluding hydrogens is 451 g/mol. The van der Waals surface area contributed by atoms with Crippen LogP contribution in [-0.2, 0) is 21.0 Å². The first-order chi connectivity index (χ1) is 15.6. The zero-order valence-corrected chi connectivity index (χ0v) is 19.5. The lowest BCUT2D eigenvalue weighted by Gasteiger charge is -2.31. The van der Waals surface area contributed by atoms with Gasteiger partial charge in [-0.2, -0.15) is 0 Å². The molecular formula is C23H27FN2O6S. The van der Waals surface area contributed by atoms with Crippen molar-refractivity contribution in [2.45, 2.75) is 32.1 Å². The quantitative estimate of drug-likeness (QED) is 0.204. The maximum absolute atomic E-state index is 13.8. The number of hydrogen-bond donors (Lipinski definition) is 3. The van der Waals surface area contributed by atoms with Gasteiger partial charge in [0.2, 0.25) is 0 Å². The van der Waals surface area contributed by atoms with Crippen molar-refractivity contribution in [1.82, 2.24) is 10.2 Å². The minimum Gasteiger partial charge on any atom is -0.496 e. The van der Waals surface area contributed by atoms with Gasteiger partial charge < -0.3 is 14.8 Å². The Hall–Kier alpha value is -3.08. The highest BCUT2D eigenvalue weighted by Crippen LogP contribution is 2.30. The molecule has 0 fully saturated rings. The van der Waals surface area contributed by atoms with Crippen LogP contribution in [-0.4, -0.2) is 41.4 Å². The highest BCUT2D eigenvalue weighted by atomic mass is 32.1. The molecule has 0 saturated heterocycles. The van der Waals surface area contributed by atoms with Crippen LogP contribution in [0.2, 0.25) is 0 Å². The number of carbonyl (C=O) groups excluding carboxylic acids is 2. The predicted octanol–water partition coefficient (Wildman–Crippen LogP) is 4.30. The van der Waals surface area contributed by atoms with E-state index in [9.17, 15) is 19.2 Å². The molecule has 2 aromatic carbocycles. The molecule has 0 bridgehead atoms. The average Bonchev–Trinajstić information content (AvgIpc) is 2.78. The first-order valence-corrected chi connectivity index (χ1v) is 10.4. The summed E-state index contributed by atoms with van der Waals surface area (Å²) < 4.78 is 24.3. The fourth-order valence-corrected chi connectivity index (χ4v) is 3.08. The number of halogens is 1. The normalized spacial score (nSPS) is 11.9. The molecule has 0 saturated carbocycles. The van der Waals surface area contributed by atoms with E-state index >= 15 is 0 Å². The van der Waals surface area contributed by atoms with Gasteiger partial charge in [-0.3, -0.25) is 10.2 Å². The lowest BCUT2D eigenvalue weighted by molar-refractivity contribution is -0.282. The molecule has 0 spiro atoms. The zero-order valence-electron chi connectivity index (χ0n) is 18.6. The smallest absolute Gasteiger partial charge is 0.331 e. The molecule has 2 aromatic rings. The van der Waals surface area contributed by atoms with Crippen molar-refractivity contribution < 1.29 is 33.6 Å². The fraction of sp³-hybridized carbons (Fsp3) is 0.304. The second kappa shape index (κ2) is 11.7. The van der Waals surface area contributed by atoms with Gasteiger partial charge in [0.25, 0.3) is 0 Å². The number of rotatable bonds is 10. The molecule has 10 heteroatoms. The third-order valence-electron chi connectivity index (χ3n) is 4.71. The first kappa shape index (κ1) is 26.2. The van der Waals surface area contributed by atoms with Crippen molar-refractivity contribution in [1.29, 1.82) is 0 Å². The second-order valence-electron chi connectivity index (χ2n) is 7.62. The van der Waals surface area contributed by atoms with E-state index in [1.807, 2.05) is 18.2 Å². The van der Waals surface area contributed by atoms with Gasteiger partial charge in [0, 0.05) is 5.56 Å². The van der Waals surface area contributed by atoms with Crippen LogP contribution in [0.25, 0.3) is 0 Å². The molecule has 8 nitrogen and oxygen atoms in total. The Labute approximate surface area is 197 Å². The van der Waals surface area contributed by atoms with Crippen molar-refractivity contribution in [3.8, 4) is 5.75 Å². The number of methoxy groups -OCH3 is 1. The fourth-order valence-electron chi connectivity index (χ4n) is 2.91. The van der Waals surface area contributed by atoms with Crippen LogP contribution >= 0.6 is 12.6 Å². The highest BCUT2D eigenvalue weighted by molar-refractivity contribution is 7.84. The molecule has 0 radical (unpaired) electrons. The SMILES string of the molecule is C=C(S)N(C[C@H](OO)c1cc(F)ccc1OC)C(=O)NC(C)(C)C(=O)OCc1ccccc1. The van der Waals surface area contributed by atoms with Crippen LogP contribution in [0, 0.1) is 5.82 Å². The summed E-state index contributed by atoms with van der Waals surface area (Å²) in [5, 5.41) is 12.0. The maximum Gasteiger partial charge on any atom is 0.331 e. The van der Waals surface area contributed by atoms with E-state index in [0.29, 0.717) is 0 Å². The van der Waals surface area contributed by atoms with Crippen LogP contribution in [0.1, 0.15) is 31.1 Å². The minimum absolute atomic E-state index is 0.00151. The molecule has 0 aliphatic heterocycles. The Morgan fingerprint density at radius 3 is 2.48 bits per heavy atom. The third-order valence-corrected chi connectivity index (χ3v) is 4.95. The van der Waals surface area contributed by atoms with E-state index in [1.54, 1.807) is 12.1 Å². The Bertz CT molecular complexity index is 986. The summed E-state index contributed by atoms with van der Waals surface area (Å²) in [6, 6.07) is 12.0. The van der Waals surface area contributed by atoms with E-state index in [2.05, 4.69) is 29.4 Å². The largest absolute Gasteiger partial charge is 0.496 e. The van der Waals surface area contributed by atoms with Gasteiger partial charge in [0.15, 0.2) is 0 Å². The van der Waals surface area contributed by atoms with E-state index in [1.165, 1.54) is 33.1 Å². The zero-order chi connectivity index (χ0) is 24.6. The van der Waals surface area contributed by atoms with Crippen molar-refractivity contribution in [2.75, 3.05) is 13.7 Å². The highest BCUT2D eigenvalue weighted by Gasteiger charge is 2.34. The first-order valence-electron chi connectivity index (χ1n) is 9.91. The monoisotopic (exact) mass is 478 g/mol. The van der Waals surface area contributed by atoms with Crippen molar-refractivity contribution >= 4 is 24.6 Å². The predicted molar refractivity (Wildman–Crippen MR) is 123 cm³/mol. The molecule has 0 unspecified atom stereocenters.